The largest absolute Gasteiger partial charge is 0.433 e. The molecule has 0 radical (unpaired) electrons. The van der Waals surface area contributed by atoms with E-state index in [1.54, 1.807) is 48.5 Å². The maximum Gasteiger partial charge on any atom is 0.433 e. The molecule has 4 aromatic rings. The third kappa shape index (κ3) is 4.17. The van der Waals surface area contributed by atoms with Gasteiger partial charge in [0, 0.05) is 10.9 Å². The van der Waals surface area contributed by atoms with Crippen LogP contribution in [0.5, 0.6) is 0 Å². The number of alkyl halides is 3. The average molecular weight is 512 g/mol. The lowest BCUT2D eigenvalue weighted by Crippen LogP contribution is -2.30. The maximum atomic E-state index is 14.0. The number of hydrogen-bond acceptors (Lipinski definition) is 4. The summed E-state index contributed by atoms with van der Waals surface area (Å²) in [6.45, 7) is 5.94. The van der Waals surface area contributed by atoms with Gasteiger partial charge in [-0.2, -0.15) is 13.2 Å². The fourth-order valence-corrected chi connectivity index (χ4v) is 5.81. The van der Waals surface area contributed by atoms with Crippen molar-refractivity contribution in [2.45, 2.75) is 43.8 Å². The van der Waals surface area contributed by atoms with Crippen molar-refractivity contribution in [2.75, 3.05) is 9.62 Å². The van der Waals surface area contributed by atoms with Gasteiger partial charge in [0.15, 0.2) is 0 Å². The Morgan fingerprint density at radius 3 is 2.25 bits per heavy atom. The zero-order chi connectivity index (χ0) is 25.9. The molecule has 0 saturated carbocycles. The van der Waals surface area contributed by atoms with Crippen molar-refractivity contribution in [1.82, 2.24) is 4.98 Å². The summed E-state index contributed by atoms with van der Waals surface area (Å²) in [5.74, 6) is -0.0258. The monoisotopic (exact) mass is 511 g/mol. The van der Waals surface area contributed by atoms with Gasteiger partial charge in [0.1, 0.15) is 11.5 Å². The molecule has 1 aliphatic rings. The van der Waals surface area contributed by atoms with Crippen molar-refractivity contribution in [2.24, 2.45) is 0 Å². The predicted octanol–water partition coefficient (Wildman–Crippen LogP) is 7.00. The second-order valence-electron chi connectivity index (χ2n) is 9.80. The predicted molar refractivity (Wildman–Crippen MR) is 135 cm³/mol. The van der Waals surface area contributed by atoms with Crippen molar-refractivity contribution in [3.05, 3.63) is 89.6 Å². The van der Waals surface area contributed by atoms with Crippen molar-refractivity contribution in [1.29, 1.82) is 0 Å². The summed E-state index contributed by atoms with van der Waals surface area (Å²) in [6.07, 6.45) is -4.63. The second kappa shape index (κ2) is 8.23. The zero-order valence-corrected chi connectivity index (χ0v) is 20.7. The molecular formula is C27H24F3N3O2S. The van der Waals surface area contributed by atoms with Crippen LogP contribution in [0.1, 0.15) is 37.6 Å². The summed E-state index contributed by atoms with van der Waals surface area (Å²) in [5.41, 5.74) is 0.828. The third-order valence-electron chi connectivity index (χ3n) is 6.29. The van der Waals surface area contributed by atoms with E-state index in [1.807, 2.05) is 32.9 Å². The lowest BCUT2D eigenvalue weighted by atomic mass is 9.87. The Kier molecular flexibility index (Phi) is 5.51. The van der Waals surface area contributed by atoms with Crippen LogP contribution < -0.4 is 9.62 Å². The van der Waals surface area contributed by atoms with E-state index >= 15 is 0 Å². The molecule has 1 aromatic heterocycles. The van der Waals surface area contributed by atoms with Crippen LogP contribution in [-0.4, -0.2) is 13.4 Å². The van der Waals surface area contributed by atoms with Crippen molar-refractivity contribution >= 4 is 38.0 Å². The first kappa shape index (κ1) is 24.1. The zero-order valence-electron chi connectivity index (χ0n) is 19.9. The van der Waals surface area contributed by atoms with Gasteiger partial charge in [-0.1, -0.05) is 69.3 Å². The first-order chi connectivity index (χ1) is 16.9. The van der Waals surface area contributed by atoms with Crippen LogP contribution in [0.3, 0.4) is 0 Å². The number of nitrogens with zero attached hydrogens (tertiary/aromatic N) is 2. The molecule has 3 aromatic carbocycles. The summed E-state index contributed by atoms with van der Waals surface area (Å²) in [6, 6.07) is 19.6. The molecule has 1 N–H and O–H groups in total. The van der Waals surface area contributed by atoms with Crippen molar-refractivity contribution in [3.8, 4) is 0 Å². The molecule has 1 aliphatic heterocycles. The number of pyridine rings is 1. The Bertz CT molecular complexity index is 1580. The molecule has 5 nitrogen and oxygen atoms in total. The molecule has 5 rings (SSSR count). The molecule has 0 bridgehead atoms. The summed E-state index contributed by atoms with van der Waals surface area (Å²) < 4.78 is 69.4. The molecular weight excluding hydrogens is 487 g/mol. The highest BCUT2D eigenvalue weighted by molar-refractivity contribution is 7.92. The van der Waals surface area contributed by atoms with Gasteiger partial charge < -0.3 is 5.32 Å². The molecule has 0 amide bonds. The number of sulfonamides is 1. The number of aromatic nitrogens is 1. The van der Waals surface area contributed by atoms with Gasteiger partial charge in [-0.25, -0.2) is 13.4 Å². The van der Waals surface area contributed by atoms with Gasteiger partial charge in [-0.15, -0.1) is 0 Å². The van der Waals surface area contributed by atoms with Crippen LogP contribution in [0, 0.1) is 0 Å². The number of fused-ring (bicyclic) bond motifs is 4. The minimum Gasteiger partial charge on any atom is -0.338 e. The minimum absolute atomic E-state index is 0.0258. The minimum atomic E-state index is -4.63. The number of anilines is 3. The molecule has 9 heteroatoms. The number of halogens is 3. The highest BCUT2D eigenvalue weighted by Crippen LogP contribution is 2.43. The highest BCUT2D eigenvalue weighted by Gasteiger charge is 2.36. The van der Waals surface area contributed by atoms with E-state index in [1.165, 1.54) is 10.4 Å². The fraction of sp³-hybridized carbons (Fsp3) is 0.222. The molecule has 36 heavy (non-hydrogen) atoms. The second-order valence-corrected chi connectivity index (χ2v) is 11.7. The van der Waals surface area contributed by atoms with E-state index in [2.05, 4.69) is 10.3 Å². The van der Waals surface area contributed by atoms with E-state index < -0.39 is 21.9 Å². The van der Waals surface area contributed by atoms with E-state index in [0.717, 1.165) is 17.0 Å². The molecule has 0 fully saturated rings. The van der Waals surface area contributed by atoms with Crippen LogP contribution in [0.15, 0.2) is 77.7 Å². The van der Waals surface area contributed by atoms with Crippen LogP contribution >= 0.6 is 0 Å². The van der Waals surface area contributed by atoms with Crippen molar-refractivity contribution < 1.29 is 21.6 Å². The van der Waals surface area contributed by atoms with Gasteiger partial charge >= 0.3 is 6.18 Å². The Morgan fingerprint density at radius 2 is 1.58 bits per heavy atom. The van der Waals surface area contributed by atoms with Gasteiger partial charge in [-0.05, 0) is 40.6 Å². The Labute approximate surface area is 207 Å². The summed E-state index contributed by atoms with van der Waals surface area (Å²) in [7, 11) is -4.09. The lowest BCUT2D eigenvalue weighted by Gasteiger charge is -2.26. The molecule has 186 valence electrons. The first-order valence-corrected chi connectivity index (χ1v) is 12.8. The highest BCUT2D eigenvalue weighted by atomic mass is 32.2. The standard InChI is InChI=1S/C27H24F3N3O2S/c1-26(2,3)19-10-12-20(13-11-19)36(34,35)33-16-18-9-15-23(27(28,29)30)32-25(18)31-22-14-8-17-6-4-5-7-21(17)24(22)33/h4-15H,16H2,1-3H3,(H,31,32). The number of nitrogens with one attached hydrogen (secondary N) is 1. The topological polar surface area (TPSA) is 62.3 Å². The van der Waals surface area contributed by atoms with Gasteiger partial charge in [0.05, 0.1) is 22.8 Å². The molecule has 0 aliphatic carbocycles. The van der Waals surface area contributed by atoms with E-state index in [4.69, 9.17) is 0 Å². The van der Waals surface area contributed by atoms with Crippen LogP contribution in [0.4, 0.5) is 30.4 Å². The number of benzene rings is 3. The first-order valence-electron chi connectivity index (χ1n) is 11.3. The van der Waals surface area contributed by atoms with Gasteiger partial charge in [0.25, 0.3) is 10.0 Å². The van der Waals surface area contributed by atoms with Gasteiger partial charge in [-0.3, -0.25) is 4.31 Å². The smallest absolute Gasteiger partial charge is 0.338 e. The van der Waals surface area contributed by atoms with E-state index in [9.17, 15) is 21.6 Å². The number of rotatable bonds is 2. The van der Waals surface area contributed by atoms with Crippen molar-refractivity contribution in [3.63, 3.8) is 0 Å². The summed E-state index contributed by atoms with van der Waals surface area (Å²) >= 11 is 0. The Balaban J connectivity index is 1.72. The quantitative estimate of drug-likeness (QED) is 0.315. The Hall–Kier alpha value is -3.59. The van der Waals surface area contributed by atoms with E-state index in [0.29, 0.717) is 22.3 Å². The molecule has 2 heterocycles. The lowest BCUT2D eigenvalue weighted by molar-refractivity contribution is -0.141. The third-order valence-corrected chi connectivity index (χ3v) is 8.05. The number of hydrogen-bond donors (Lipinski definition) is 1. The van der Waals surface area contributed by atoms with E-state index in [-0.39, 0.29) is 22.7 Å². The SMILES string of the molecule is CC(C)(C)c1ccc(S(=O)(=O)N2Cc3ccc(C(F)(F)F)nc3Nc3ccc4ccccc4c32)cc1. The normalized spacial score (nSPS) is 14.1. The average Bonchev–Trinajstić information content (AvgIpc) is 3.00. The van der Waals surface area contributed by atoms with Crippen LogP contribution in [0.25, 0.3) is 10.8 Å². The fourth-order valence-electron chi connectivity index (χ4n) is 4.33. The molecule has 0 saturated heterocycles. The summed E-state index contributed by atoms with van der Waals surface area (Å²) in [5, 5.41) is 4.43. The molecule has 0 unspecified atom stereocenters. The summed E-state index contributed by atoms with van der Waals surface area (Å²) in [4.78, 5) is 3.89. The molecule has 0 atom stereocenters. The van der Waals surface area contributed by atoms with Gasteiger partial charge in [0.2, 0.25) is 0 Å². The maximum absolute atomic E-state index is 14.0. The molecule has 0 spiro atoms. The van der Waals surface area contributed by atoms with Crippen LogP contribution in [-0.2, 0) is 28.2 Å². The Morgan fingerprint density at radius 1 is 0.889 bits per heavy atom. The van der Waals surface area contributed by atoms with Crippen LogP contribution in [0.2, 0.25) is 0 Å².